The summed E-state index contributed by atoms with van der Waals surface area (Å²) in [5.74, 6) is 0.910. The average Bonchev–Trinajstić information content (AvgIpc) is 3.49. The maximum absolute atomic E-state index is 13.6. The van der Waals surface area contributed by atoms with Crippen LogP contribution in [0.5, 0.6) is 11.5 Å². The van der Waals surface area contributed by atoms with Gasteiger partial charge in [0, 0.05) is 4.88 Å². The Bertz CT molecular complexity index is 1430. The molecule has 0 N–H and O–H groups in total. The Labute approximate surface area is 191 Å². The largest absolute Gasteiger partial charge is 0.463 e. The third-order valence-corrected chi connectivity index (χ3v) is 7.29. The molecular weight excluding hydrogens is 448 g/mol. The summed E-state index contributed by atoms with van der Waals surface area (Å²) in [7, 11) is 0. The number of thiophene rings is 1. The van der Waals surface area contributed by atoms with Gasteiger partial charge in [0.2, 0.25) is 6.79 Å². The molecule has 0 unspecified atom stereocenters. The van der Waals surface area contributed by atoms with E-state index in [4.69, 9.17) is 14.2 Å². The first-order valence-electron chi connectivity index (χ1n) is 10.1. The van der Waals surface area contributed by atoms with Gasteiger partial charge >= 0.3 is 5.97 Å². The summed E-state index contributed by atoms with van der Waals surface area (Å²) >= 11 is 2.80. The van der Waals surface area contributed by atoms with Crippen molar-refractivity contribution < 1.29 is 19.0 Å². The minimum atomic E-state index is -0.565. The van der Waals surface area contributed by atoms with Gasteiger partial charge in [-0.25, -0.2) is 9.79 Å². The normalized spacial score (nSPS) is 17.3. The van der Waals surface area contributed by atoms with Gasteiger partial charge in [0.25, 0.3) is 5.56 Å². The Morgan fingerprint density at radius 2 is 2.09 bits per heavy atom. The van der Waals surface area contributed by atoms with E-state index in [1.807, 2.05) is 42.6 Å². The van der Waals surface area contributed by atoms with E-state index in [2.05, 4.69) is 4.99 Å². The zero-order valence-corrected chi connectivity index (χ0v) is 19.3. The summed E-state index contributed by atoms with van der Waals surface area (Å²) in [6.45, 7) is 5.95. The number of benzene rings is 1. The topological polar surface area (TPSA) is 79.1 Å². The SMILES string of the molecule is CCOC(=O)C1=C(C)N=c2sc(=Cc3cc4c(cc3C)OCO4)c(=O)n2[C@@H]1c1cccs1. The number of hydrogen-bond donors (Lipinski definition) is 0. The highest BCUT2D eigenvalue weighted by atomic mass is 32.1. The lowest BCUT2D eigenvalue weighted by Crippen LogP contribution is -2.39. The number of fused-ring (bicyclic) bond motifs is 2. The molecule has 4 heterocycles. The number of rotatable bonds is 4. The van der Waals surface area contributed by atoms with Crippen LogP contribution >= 0.6 is 22.7 Å². The summed E-state index contributed by atoms with van der Waals surface area (Å²) in [6, 6.07) is 7.05. The minimum absolute atomic E-state index is 0.192. The molecule has 0 saturated carbocycles. The van der Waals surface area contributed by atoms with E-state index < -0.39 is 12.0 Å². The zero-order valence-electron chi connectivity index (χ0n) is 17.7. The van der Waals surface area contributed by atoms with Gasteiger partial charge < -0.3 is 14.2 Å². The Kier molecular flexibility index (Phi) is 5.22. The number of esters is 1. The van der Waals surface area contributed by atoms with Crippen LogP contribution < -0.4 is 24.4 Å². The Morgan fingerprint density at radius 3 is 2.81 bits per heavy atom. The second kappa shape index (κ2) is 8.07. The fourth-order valence-electron chi connectivity index (χ4n) is 3.86. The number of nitrogens with zero attached hydrogens (tertiary/aromatic N) is 2. The maximum Gasteiger partial charge on any atom is 0.338 e. The molecule has 1 atom stereocenters. The van der Waals surface area contributed by atoms with Gasteiger partial charge in [-0.2, -0.15) is 0 Å². The van der Waals surface area contributed by atoms with Crippen molar-refractivity contribution in [2.75, 3.05) is 13.4 Å². The number of thiazole rings is 1. The van der Waals surface area contributed by atoms with E-state index in [-0.39, 0.29) is 19.0 Å². The van der Waals surface area contributed by atoms with Crippen LogP contribution in [0.25, 0.3) is 6.08 Å². The van der Waals surface area contributed by atoms with E-state index in [1.165, 1.54) is 22.7 Å². The predicted molar refractivity (Wildman–Crippen MR) is 122 cm³/mol. The maximum atomic E-state index is 13.6. The fraction of sp³-hybridized carbons (Fsp3) is 0.261. The number of carbonyl (C=O) groups is 1. The average molecular weight is 469 g/mol. The fourth-order valence-corrected chi connectivity index (χ4v) is 5.72. The third kappa shape index (κ3) is 3.37. The number of allylic oxidation sites excluding steroid dienone is 1. The molecule has 0 radical (unpaired) electrons. The molecule has 3 aromatic rings. The molecule has 0 fully saturated rings. The molecule has 7 nitrogen and oxygen atoms in total. The zero-order chi connectivity index (χ0) is 22.4. The van der Waals surface area contributed by atoms with E-state index >= 15 is 0 Å². The number of aromatic nitrogens is 1. The van der Waals surface area contributed by atoms with Crippen LogP contribution in [-0.2, 0) is 9.53 Å². The molecule has 0 spiro atoms. The second-order valence-electron chi connectivity index (χ2n) is 7.38. The molecule has 0 saturated heterocycles. The minimum Gasteiger partial charge on any atom is -0.463 e. The molecule has 0 aliphatic carbocycles. The van der Waals surface area contributed by atoms with Gasteiger partial charge in [0.1, 0.15) is 6.04 Å². The van der Waals surface area contributed by atoms with Crippen LogP contribution in [0.3, 0.4) is 0 Å². The highest BCUT2D eigenvalue weighted by Gasteiger charge is 2.33. The lowest BCUT2D eigenvalue weighted by atomic mass is 10.0. The molecule has 9 heteroatoms. The standard InChI is InChI=1S/C23H20N2O5S2/c1-4-28-22(27)19-13(3)24-23-25(20(19)17-6-5-7-31-17)21(26)18(32-23)10-14-9-16-15(8-12(14)2)29-11-30-16/h5-10,20H,4,11H2,1-3H3/t20-/m1/s1. The molecule has 5 rings (SSSR count). The molecule has 0 amide bonds. The molecule has 2 aliphatic heterocycles. The van der Waals surface area contributed by atoms with Crippen LogP contribution in [0.2, 0.25) is 0 Å². The quantitative estimate of drug-likeness (QED) is 0.550. The Morgan fingerprint density at radius 1 is 1.31 bits per heavy atom. The van der Waals surface area contributed by atoms with E-state index in [0.29, 0.717) is 32.1 Å². The van der Waals surface area contributed by atoms with E-state index in [0.717, 1.165) is 16.0 Å². The summed E-state index contributed by atoms with van der Waals surface area (Å²) in [5.41, 5.74) is 2.60. The van der Waals surface area contributed by atoms with Crippen molar-refractivity contribution in [1.82, 2.24) is 4.57 Å². The summed E-state index contributed by atoms with van der Waals surface area (Å²) in [4.78, 5) is 32.4. The summed E-state index contributed by atoms with van der Waals surface area (Å²) in [5, 5.41) is 1.93. The van der Waals surface area contributed by atoms with Crippen LogP contribution in [0.15, 0.2) is 50.7 Å². The molecule has 2 aliphatic rings. The molecule has 2 aromatic heterocycles. The van der Waals surface area contributed by atoms with Gasteiger partial charge in [0.15, 0.2) is 16.3 Å². The van der Waals surface area contributed by atoms with Crippen LogP contribution in [0, 0.1) is 6.92 Å². The van der Waals surface area contributed by atoms with Gasteiger partial charge in [0.05, 0.1) is 22.4 Å². The molecule has 32 heavy (non-hydrogen) atoms. The molecule has 164 valence electrons. The van der Waals surface area contributed by atoms with Gasteiger partial charge in [-0.15, -0.1) is 11.3 Å². The number of hydrogen-bond acceptors (Lipinski definition) is 8. The van der Waals surface area contributed by atoms with Crippen molar-refractivity contribution in [1.29, 1.82) is 0 Å². The highest BCUT2D eigenvalue weighted by Crippen LogP contribution is 2.35. The summed E-state index contributed by atoms with van der Waals surface area (Å²) in [6.07, 6.45) is 1.84. The Hall–Kier alpha value is -3.17. The first-order chi connectivity index (χ1) is 15.5. The lowest BCUT2D eigenvalue weighted by molar-refractivity contribution is -0.139. The Balaban J connectivity index is 1.70. The molecule has 1 aromatic carbocycles. The first-order valence-corrected chi connectivity index (χ1v) is 11.8. The van der Waals surface area contributed by atoms with Gasteiger partial charge in [-0.05, 0) is 61.6 Å². The monoisotopic (exact) mass is 468 g/mol. The number of aryl methyl sites for hydroxylation is 1. The van der Waals surface area contributed by atoms with Crippen molar-refractivity contribution in [2.45, 2.75) is 26.8 Å². The van der Waals surface area contributed by atoms with E-state index in [1.54, 1.807) is 18.4 Å². The van der Waals surface area contributed by atoms with E-state index in [9.17, 15) is 9.59 Å². The lowest BCUT2D eigenvalue weighted by Gasteiger charge is -2.23. The smallest absolute Gasteiger partial charge is 0.338 e. The number of carbonyl (C=O) groups excluding carboxylic acids is 1. The highest BCUT2D eigenvalue weighted by molar-refractivity contribution is 7.10. The third-order valence-electron chi connectivity index (χ3n) is 5.38. The van der Waals surface area contributed by atoms with Gasteiger partial charge in [-0.3, -0.25) is 9.36 Å². The summed E-state index contributed by atoms with van der Waals surface area (Å²) < 4.78 is 18.4. The molecule has 0 bridgehead atoms. The van der Waals surface area contributed by atoms with Crippen molar-refractivity contribution in [3.05, 3.63) is 76.6 Å². The van der Waals surface area contributed by atoms with Crippen molar-refractivity contribution >= 4 is 34.7 Å². The first kappa shape index (κ1) is 20.7. The second-order valence-corrected chi connectivity index (χ2v) is 9.37. The predicted octanol–water partition coefficient (Wildman–Crippen LogP) is 2.90. The van der Waals surface area contributed by atoms with Crippen molar-refractivity contribution in [2.24, 2.45) is 4.99 Å². The van der Waals surface area contributed by atoms with Crippen LogP contribution in [0.1, 0.15) is 35.9 Å². The van der Waals surface area contributed by atoms with Crippen LogP contribution in [-0.4, -0.2) is 23.9 Å². The van der Waals surface area contributed by atoms with Gasteiger partial charge in [-0.1, -0.05) is 17.4 Å². The van der Waals surface area contributed by atoms with Crippen molar-refractivity contribution in [3.8, 4) is 11.5 Å². The molecular formula is C23H20N2O5S2. The van der Waals surface area contributed by atoms with Crippen LogP contribution in [0.4, 0.5) is 0 Å². The number of ether oxygens (including phenoxy) is 3. The van der Waals surface area contributed by atoms with Crippen molar-refractivity contribution in [3.63, 3.8) is 0 Å².